The third-order valence-corrected chi connectivity index (χ3v) is 6.39. The summed E-state index contributed by atoms with van der Waals surface area (Å²) < 4.78 is 84.4. The number of aromatic nitrogens is 2. The highest BCUT2D eigenvalue weighted by Gasteiger charge is 2.72. The van der Waals surface area contributed by atoms with Crippen molar-refractivity contribution in [3.05, 3.63) is 60.6 Å². The van der Waals surface area contributed by atoms with E-state index < -0.39 is 22.8 Å². The lowest BCUT2D eigenvalue weighted by Crippen LogP contribution is -2.53. The Hall–Kier alpha value is -2.99. The summed E-state index contributed by atoms with van der Waals surface area (Å²) in [5.41, 5.74) is -1.84. The lowest BCUT2D eigenvalue weighted by atomic mass is 10.0. The molecule has 3 N–H and O–H groups in total. The lowest BCUT2D eigenvalue weighted by molar-refractivity contribution is -0.375. The lowest BCUT2D eigenvalue weighted by Gasteiger charge is -2.31. The van der Waals surface area contributed by atoms with Crippen LogP contribution in [0.4, 0.5) is 26.3 Å². The molecule has 1 aliphatic heterocycles. The number of halogens is 6. The molecule has 0 saturated carbocycles. The smallest absolute Gasteiger partial charge is 0.431 e. The summed E-state index contributed by atoms with van der Waals surface area (Å²) in [5, 5.41) is 10.6. The van der Waals surface area contributed by atoms with Gasteiger partial charge in [-0.25, -0.2) is 4.99 Å². The monoisotopic (exact) mass is 489 g/mol. The summed E-state index contributed by atoms with van der Waals surface area (Å²) >= 11 is 0.187. The maximum absolute atomic E-state index is 13.2. The van der Waals surface area contributed by atoms with Crippen LogP contribution in [-0.4, -0.2) is 34.5 Å². The van der Waals surface area contributed by atoms with Crippen LogP contribution in [0, 0.1) is 13.8 Å². The van der Waals surface area contributed by atoms with Gasteiger partial charge in [-0.15, -0.1) is 11.3 Å². The highest BCUT2D eigenvalue weighted by atomic mass is 32.1. The zero-order valence-corrected chi connectivity index (χ0v) is 18.2. The topological polar surface area (TPSA) is 73.4 Å². The number of thiophene rings is 1. The van der Waals surface area contributed by atoms with E-state index in [1.54, 1.807) is 6.07 Å². The number of nitrogens with zero attached hydrogens (tertiary/aromatic N) is 1. The number of alkyl halides is 6. The predicted molar refractivity (Wildman–Crippen MR) is 109 cm³/mol. The fraction of sp³-hybridized carbons (Fsp3) is 0.286. The number of fused-ring (bicyclic) bond motifs is 1. The highest BCUT2D eigenvalue weighted by molar-refractivity contribution is 7.10. The zero-order valence-electron chi connectivity index (χ0n) is 17.4. The molecule has 0 radical (unpaired) electrons. The first-order valence-electron chi connectivity index (χ1n) is 9.46. The number of hydrogen-bond donors (Lipinski definition) is 3. The van der Waals surface area contributed by atoms with Gasteiger partial charge >= 0.3 is 12.4 Å². The van der Waals surface area contributed by atoms with Crippen LogP contribution in [0.25, 0.3) is 17.8 Å². The van der Waals surface area contributed by atoms with E-state index >= 15 is 0 Å². The molecule has 0 unspecified atom stereocenters. The van der Waals surface area contributed by atoms with Gasteiger partial charge in [0, 0.05) is 17.5 Å². The highest BCUT2D eigenvalue weighted by Crippen LogP contribution is 2.50. The van der Waals surface area contributed by atoms with Crippen molar-refractivity contribution in [2.24, 2.45) is 4.99 Å². The maximum Gasteiger partial charge on any atom is 0.431 e. The number of nitrogens with one attached hydrogen (secondary N) is 2. The number of H-pyrrole nitrogens is 2. The van der Waals surface area contributed by atoms with Crippen LogP contribution < -0.4 is 25.3 Å². The number of aryl methyl sites for hydroxylation is 2. The normalized spacial score (nSPS) is 16.6. The van der Waals surface area contributed by atoms with E-state index in [1.807, 2.05) is 26.0 Å². The van der Waals surface area contributed by atoms with E-state index in [0.717, 1.165) is 17.0 Å². The largest absolute Gasteiger partial charge is 0.494 e. The summed E-state index contributed by atoms with van der Waals surface area (Å²) in [4.78, 5) is 9.18. The molecule has 0 aromatic carbocycles. The zero-order chi connectivity index (χ0) is 24.3. The molecule has 0 fully saturated rings. The minimum Gasteiger partial charge on any atom is -0.494 e. The van der Waals surface area contributed by atoms with Crippen LogP contribution in [-0.2, 0) is 5.60 Å². The number of ether oxygens (including phenoxy) is 1. The van der Waals surface area contributed by atoms with Crippen molar-refractivity contribution >= 4 is 29.2 Å². The summed E-state index contributed by atoms with van der Waals surface area (Å²) in [6.45, 7) is 3.84. The summed E-state index contributed by atoms with van der Waals surface area (Å²) in [7, 11) is 1.47. The predicted octanol–water partition coefficient (Wildman–Crippen LogP) is 2.39. The standard InChI is InChI=1S/C21H17F6N3O2S/c1-9-4-10(2)28-11(9)5-14-16(32-3)6-12(29-14)13-7-17-15(30-13)8-18(33-17)19(31,20(22,23)24)21(25,26)27/h4-8,28-29,31H,1-3H3/b13-12?,14-5-. The molecule has 1 aliphatic rings. The molecule has 0 saturated heterocycles. The number of aromatic amines is 2. The van der Waals surface area contributed by atoms with Crippen LogP contribution in [0.15, 0.2) is 23.2 Å². The average Bonchev–Trinajstić information content (AvgIpc) is 3.42. The van der Waals surface area contributed by atoms with Crippen LogP contribution in [0.1, 0.15) is 21.8 Å². The SMILES string of the molecule is COc1cc(=C2C=c3sc(C(O)(C(F)(F)F)C(F)(F)F)cc3=N2)[nH]/c1=C\c1[nH]c(C)cc1C. The second-order valence-electron chi connectivity index (χ2n) is 7.57. The number of hydrogen-bond acceptors (Lipinski definition) is 4. The van der Waals surface area contributed by atoms with Crippen LogP contribution in [0.3, 0.4) is 0 Å². The Bertz CT molecular complexity index is 1420. The third-order valence-electron chi connectivity index (χ3n) is 5.21. The fourth-order valence-electron chi connectivity index (χ4n) is 3.54. The van der Waals surface area contributed by atoms with Crippen molar-refractivity contribution in [1.82, 2.24) is 9.97 Å². The minimum absolute atomic E-state index is 0.0712. The molecular formula is C21H17F6N3O2S. The Morgan fingerprint density at radius 1 is 1.03 bits per heavy atom. The van der Waals surface area contributed by atoms with Gasteiger partial charge in [-0.2, -0.15) is 26.3 Å². The van der Waals surface area contributed by atoms with Crippen LogP contribution >= 0.6 is 11.3 Å². The molecule has 4 heterocycles. The van der Waals surface area contributed by atoms with E-state index in [2.05, 4.69) is 15.0 Å². The molecule has 0 atom stereocenters. The summed E-state index contributed by atoms with van der Waals surface area (Å²) in [6, 6.07) is 4.21. The van der Waals surface area contributed by atoms with E-state index in [9.17, 15) is 31.4 Å². The van der Waals surface area contributed by atoms with Gasteiger partial charge < -0.3 is 19.8 Å². The number of aliphatic hydroxyl groups is 1. The van der Waals surface area contributed by atoms with E-state index in [0.29, 0.717) is 28.2 Å². The minimum atomic E-state index is -5.94. The molecule has 0 amide bonds. The Balaban J connectivity index is 1.83. The van der Waals surface area contributed by atoms with Gasteiger partial charge in [0.25, 0.3) is 5.60 Å². The van der Waals surface area contributed by atoms with Gasteiger partial charge in [-0.1, -0.05) is 0 Å². The Labute approximate surface area is 186 Å². The second-order valence-corrected chi connectivity index (χ2v) is 8.65. The molecule has 0 bridgehead atoms. The van der Waals surface area contributed by atoms with E-state index in [-0.39, 0.29) is 21.2 Å². The average molecular weight is 489 g/mol. The summed E-state index contributed by atoms with van der Waals surface area (Å²) in [6.07, 6.45) is -8.71. The van der Waals surface area contributed by atoms with Gasteiger partial charge in [-0.3, -0.25) is 0 Å². The van der Waals surface area contributed by atoms with Crippen molar-refractivity contribution in [3.8, 4) is 5.75 Å². The van der Waals surface area contributed by atoms with E-state index in [4.69, 9.17) is 4.74 Å². The first-order valence-corrected chi connectivity index (χ1v) is 10.3. The molecule has 12 heteroatoms. The summed E-state index contributed by atoms with van der Waals surface area (Å²) in [5.74, 6) is 0.479. The second kappa shape index (κ2) is 7.52. The van der Waals surface area contributed by atoms with Gasteiger partial charge in [0.15, 0.2) is 0 Å². The molecule has 0 aliphatic carbocycles. The van der Waals surface area contributed by atoms with Gasteiger partial charge in [0.2, 0.25) is 0 Å². The van der Waals surface area contributed by atoms with Crippen molar-refractivity contribution in [2.45, 2.75) is 31.8 Å². The van der Waals surface area contributed by atoms with Crippen molar-refractivity contribution in [2.75, 3.05) is 7.11 Å². The molecule has 176 valence electrons. The van der Waals surface area contributed by atoms with Crippen molar-refractivity contribution in [1.29, 1.82) is 0 Å². The molecule has 3 aromatic heterocycles. The molecule has 4 rings (SSSR count). The Morgan fingerprint density at radius 3 is 2.21 bits per heavy atom. The van der Waals surface area contributed by atoms with Gasteiger partial charge in [0.05, 0.1) is 38.3 Å². The molecule has 0 spiro atoms. The van der Waals surface area contributed by atoms with Crippen LogP contribution in [0.2, 0.25) is 0 Å². The van der Waals surface area contributed by atoms with Gasteiger partial charge in [0.1, 0.15) is 5.75 Å². The first-order chi connectivity index (χ1) is 15.2. The molecule has 3 aromatic rings. The van der Waals surface area contributed by atoms with Gasteiger partial charge in [-0.05, 0) is 43.7 Å². The third kappa shape index (κ3) is 3.76. The van der Waals surface area contributed by atoms with Crippen molar-refractivity contribution in [3.63, 3.8) is 0 Å². The maximum atomic E-state index is 13.2. The molecule has 33 heavy (non-hydrogen) atoms. The number of rotatable bonds is 3. The van der Waals surface area contributed by atoms with Crippen molar-refractivity contribution < 1.29 is 36.2 Å². The van der Waals surface area contributed by atoms with Crippen LogP contribution in [0.5, 0.6) is 5.75 Å². The Kier molecular flexibility index (Phi) is 5.28. The Morgan fingerprint density at radius 2 is 1.70 bits per heavy atom. The first kappa shape index (κ1) is 23.2. The fourth-order valence-corrected chi connectivity index (χ4v) is 4.70. The molecule has 5 nitrogen and oxygen atoms in total. The molecular weight excluding hydrogens is 472 g/mol. The van der Waals surface area contributed by atoms with E-state index in [1.165, 1.54) is 13.2 Å². The quantitative estimate of drug-likeness (QED) is 0.495. The number of methoxy groups -OCH3 is 1.